The first-order valence-electron chi connectivity index (χ1n) is 12.1. The highest BCUT2D eigenvalue weighted by molar-refractivity contribution is 5.80. The predicted octanol–water partition coefficient (Wildman–Crippen LogP) is 6.64. The van der Waals surface area contributed by atoms with Gasteiger partial charge in [-0.1, -0.05) is 92.4 Å². The molecule has 0 aromatic carbocycles. The predicted molar refractivity (Wildman–Crippen MR) is 119 cm³/mol. The quantitative estimate of drug-likeness (QED) is 0.292. The van der Waals surface area contributed by atoms with Gasteiger partial charge >= 0.3 is 0 Å². The zero-order valence-electron chi connectivity index (χ0n) is 19.4. The SMILES string of the molecule is CC(C)CCCC(C)CCCC(C)CCCC(C)CC(=O)N1CCCC1C=O. The van der Waals surface area contributed by atoms with Crippen LogP contribution in [0.25, 0.3) is 0 Å². The van der Waals surface area contributed by atoms with Gasteiger partial charge in [-0.25, -0.2) is 0 Å². The lowest BCUT2D eigenvalue weighted by Crippen LogP contribution is -2.37. The van der Waals surface area contributed by atoms with E-state index in [2.05, 4.69) is 34.6 Å². The summed E-state index contributed by atoms with van der Waals surface area (Å²) in [6.45, 7) is 12.4. The molecule has 1 saturated heterocycles. The van der Waals surface area contributed by atoms with Gasteiger partial charge in [-0.05, 0) is 36.5 Å². The molecule has 0 aromatic rings. The molecule has 1 fully saturated rings. The van der Waals surface area contributed by atoms with E-state index in [0.717, 1.165) is 49.8 Å². The first kappa shape index (κ1) is 25.2. The average Bonchev–Trinajstić information content (AvgIpc) is 3.10. The number of rotatable bonds is 15. The number of hydrogen-bond acceptors (Lipinski definition) is 2. The summed E-state index contributed by atoms with van der Waals surface area (Å²) in [5.41, 5.74) is 0. The van der Waals surface area contributed by atoms with Crippen LogP contribution in [0.2, 0.25) is 0 Å². The number of carbonyl (C=O) groups is 2. The van der Waals surface area contributed by atoms with Gasteiger partial charge < -0.3 is 9.69 Å². The average molecular weight is 394 g/mol. The van der Waals surface area contributed by atoms with Crippen LogP contribution in [0.1, 0.15) is 112 Å². The number of hydrogen-bond donors (Lipinski definition) is 0. The van der Waals surface area contributed by atoms with E-state index in [9.17, 15) is 9.59 Å². The van der Waals surface area contributed by atoms with E-state index in [-0.39, 0.29) is 11.9 Å². The summed E-state index contributed by atoms with van der Waals surface area (Å²) in [7, 11) is 0. The monoisotopic (exact) mass is 393 g/mol. The van der Waals surface area contributed by atoms with Gasteiger partial charge in [0, 0.05) is 13.0 Å². The van der Waals surface area contributed by atoms with Gasteiger partial charge in [0.1, 0.15) is 6.29 Å². The van der Waals surface area contributed by atoms with E-state index < -0.39 is 0 Å². The highest BCUT2D eigenvalue weighted by Crippen LogP contribution is 2.24. The summed E-state index contributed by atoms with van der Waals surface area (Å²) in [5, 5.41) is 0. The van der Waals surface area contributed by atoms with E-state index >= 15 is 0 Å². The number of carbonyl (C=O) groups excluding carboxylic acids is 2. The summed E-state index contributed by atoms with van der Waals surface area (Å²) < 4.78 is 0. The lowest BCUT2D eigenvalue weighted by atomic mass is 9.90. The fourth-order valence-corrected chi connectivity index (χ4v) is 4.55. The van der Waals surface area contributed by atoms with Crippen molar-refractivity contribution in [2.24, 2.45) is 23.7 Å². The standard InChI is InChI=1S/C25H47NO2/c1-20(2)10-6-11-21(3)12-7-13-22(4)14-8-15-23(5)18-25(28)26-17-9-16-24(26)19-27/h19-24H,6-18H2,1-5H3. The van der Waals surface area contributed by atoms with Crippen molar-refractivity contribution in [1.29, 1.82) is 0 Å². The van der Waals surface area contributed by atoms with Crippen molar-refractivity contribution in [1.82, 2.24) is 4.90 Å². The smallest absolute Gasteiger partial charge is 0.223 e. The second-order valence-electron chi connectivity index (χ2n) is 10.1. The molecule has 1 rings (SSSR count). The topological polar surface area (TPSA) is 37.4 Å². The Morgan fingerprint density at radius 2 is 1.36 bits per heavy atom. The molecule has 0 aromatic heterocycles. The summed E-state index contributed by atoms with van der Waals surface area (Å²) >= 11 is 0. The van der Waals surface area contributed by atoms with Crippen LogP contribution in [-0.2, 0) is 9.59 Å². The summed E-state index contributed by atoms with van der Waals surface area (Å²) in [4.78, 5) is 25.3. The molecule has 164 valence electrons. The van der Waals surface area contributed by atoms with Gasteiger partial charge in [0.25, 0.3) is 0 Å². The molecule has 1 heterocycles. The molecular formula is C25H47NO2. The van der Waals surface area contributed by atoms with E-state index in [1.54, 1.807) is 4.90 Å². The number of aldehydes is 1. The van der Waals surface area contributed by atoms with E-state index in [4.69, 9.17) is 0 Å². The Labute approximate surface area is 175 Å². The van der Waals surface area contributed by atoms with Gasteiger partial charge in [-0.3, -0.25) is 4.79 Å². The van der Waals surface area contributed by atoms with Crippen LogP contribution in [0.15, 0.2) is 0 Å². The molecule has 0 N–H and O–H groups in total. The molecule has 1 aliphatic heterocycles. The van der Waals surface area contributed by atoms with Crippen LogP contribution >= 0.6 is 0 Å². The minimum absolute atomic E-state index is 0.160. The summed E-state index contributed by atoms with van der Waals surface area (Å²) in [5.74, 6) is 3.11. The third-order valence-corrected chi connectivity index (χ3v) is 6.57. The first-order valence-corrected chi connectivity index (χ1v) is 12.1. The third-order valence-electron chi connectivity index (χ3n) is 6.57. The molecule has 0 radical (unpaired) electrons. The van der Waals surface area contributed by atoms with Gasteiger partial charge in [-0.15, -0.1) is 0 Å². The fourth-order valence-electron chi connectivity index (χ4n) is 4.55. The van der Waals surface area contributed by atoms with Crippen molar-refractivity contribution in [2.75, 3.05) is 6.54 Å². The molecular weight excluding hydrogens is 346 g/mol. The molecule has 1 aliphatic rings. The zero-order valence-corrected chi connectivity index (χ0v) is 19.4. The Hall–Kier alpha value is -0.860. The molecule has 0 bridgehead atoms. The largest absolute Gasteiger partial charge is 0.333 e. The van der Waals surface area contributed by atoms with Crippen molar-refractivity contribution in [3.8, 4) is 0 Å². The maximum atomic E-state index is 12.4. The van der Waals surface area contributed by atoms with Crippen molar-refractivity contribution in [3.05, 3.63) is 0 Å². The van der Waals surface area contributed by atoms with Gasteiger partial charge in [-0.2, -0.15) is 0 Å². The lowest BCUT2D eigenvalue weighted by Gasteiger charge is -2.22. The molecule has 0 spiro atoms. The normalized spacial score (nSPS) is 20.4. The summed E-state index contributed by atoms with van der Waals surface area (Å²) in [6.07, 6.45) is 15.2. The Kier molecular flexibility index (Phi) is 12.7. The molecule has 4 unspecified atom stereocenters. The molecule has 1 amide bonds. The number of nitrogens with zero attached hydrogens (tertiary/aromatic N) is 1. The summed E-state index contributed by atoms with van der Waals surface area (Å²) in [6, 6.07) is -0.160. The Morgan fingerprint density at radius 3 is 1.86 bits per heavy atom. The maximum Gasteiger partial charge on any atom is 0.223 e. The zero-order chi connectivity index (χ0) is 20.9. The van der Waals surface area contributed by atoms with Crippen molar-refractivity contribution >= 4 is 12.2 Å². The van der Waals surface area contributed by atoms with Crippen LogP contribution < -0.4 is 0 Å². The Morgan fingerprint density at radius 1 is 0.857 bits per heavy atom. The number of amides is 1. The molecule has 0 aliphatic carbocycles. The van der Waals surface area contributed by atoms with E-state index in [1.165, 1.54) is 51.4 Å². The highest BCUT2D eigenvalue weighted by atomic mass is 16.2. The second-order valence-corrected chi connectivity index (χ2v) is 10.1. The van der Waals surface area contributed by atoms with Gasteiger partial charge in [0.15, 0.2) is 0 Å². The minimum Gasteiger partial charge on any atom is -0.333 e. The molecule has 3 nitrogen and oxygen atoms in total. The molecule has 28 heavy (non-hydrogen) atoms. The lowest BCUT2D eigenvalue weighted by molar-refractivity contribution is -0.135. The second kappa shape index (κ2) is 14.2. The van der Waals surface area contributed by atoms with Crippen LogP contribution in [0, 0.1) is 23.7 Å². The van der Waals surface area contributed by atoms with E-state index in [0.29, 0.717) is 12.3 Å². The van der Waals surface area contributed by atoms with Crippen LogP contribution in [-0.4, -0.2) is 29.7 Å². The van der Waals surface area contributed by atoms with Crippen molar-refractivity contribution in [3.63, 3.8) is 0 Å². The molecule has 3 heteroatoms. The van der Waals surface area contributed by atoms with Crippen LogP contribution in [0.5, 0.6) is 0 Å². The number of likely N-dealkylation sites (tertiary alicyclic amines) is 1. The third kappa shape index (κ3) is 10.6. The van der Waals surface area contributed by atoms with Crippen LogP contribution in [0.3, 0.4) is 0 Å². The van der Waals surface area contributed by atoms with Gasteiger partial charge in [0.05, 0.1) is 6.04 Å². The van der Waals surface area contributed by atoms with Crippen molar-refractivity contribution < 1.29 is 9.59 Å². The fraction of sp³-hybridized carbons (Fsp3) is 0.920. The Balaban J connectivity index is 2.08. The Bertz CT molecular complexity index is 434. The maximum absolute atomic E-state index is 12.4. The van der Waals surface area contributed by atoms with Crippen LogP contribution in [0.4, 0.5) is 0 Å². The highest BCUT2D eigenvalue weighted by Gasteiger charge is 2.28. The first-order chi connectivity index (χ1) is 13.3. The minimum atomic E-state index is -0.160. The van der Waals surface area contributed by atoms with E-state index in [1.807, 2.05) is 0 Å². The molecule has 0 saturated carbocycles. The van der Waals surface area contributed by atoms with Gasteiger partial charge in [0.2, 0.25) is 5.91 Å². The molecule has 4 atom stereocenters. The van der Waals surface area contributed by atoms with Crippen molar-refractivity contribution in [2.45, 2.75) is 118 Å².